The Morgan fingerprint density at radius 3 is 2.24 bits per heavy atom. The molecule has 0 N–H and O–H groups in total. The highest BCUT2D eigenvalue weighted by atomic mass is 35.5. The quantitative estimate of drug-likeness (QED) is 0.799. The number of halogens is 2. The first-order chi connectivity index (χ1) is 9.27. The summed E-state index contributed by atoms with van der Waals surface area (Å²) in [7, 11) is -0.679. The van der Waals surface area contributed by atoms with Gasteiger partial charge in [0, 0.05) is 12.1 Å². The highest BCUT2D eigenvalue weighted by Gasteiger charge is 2.52. The monoisotopic (exact) mass is 316 g/mol. The average Bonchev–Trinajstić information content (AvgIpc) is 2.57. The van der Waals surface area contributed by atoms with E-state index in [1.54, 1.807) is 12.1 Å². The van der Waals surface area contributed by atoms with Gasteiger partial charge in [0.15, 0.2) is 0 Å². The molecule has 0 aliphatic carbocycles. The van der Waals surface area contributed by atoms with Gasteiger partial charge in [-0.1, -0.05) is 12.1 Å². The van der Waals surface area contributed by atoms with Gasteiger partial charge in [-0.3, -0.25) is 0 Å². The number of ether oxygens (including phenoxy) is 1. The van der Waals surface area contributed by atoms with Gasteiger partial charge in [0.2, 0.25) is 0 Å². The molecule has 0 radical (unpaired) electrons. The number of benzene rings is 1. The third-order valence-corrected chi connectivity index (χ3v) is 4.04. The molecule has 118 valence electrons. The molecule has 0 unspecified atom stereocenters. The fourth-order valence-corrected chi connectivity index (χ4v) is 2.05. The molecule has 1 aromatic rings. The van der Waals surface area contributed by atoms with Crippen molar-refractivity contribution in [3.05, 3.63) is 29.6 Å². The summed E-state index contributed by atoms with van der Waals surface area (Å²) >= 11 is 0. The summed E-state index contributed by atoms with van der Waals surface area (Å²) in [6, 6.07) is 4.92. The van der Waals surface area contributed by atoms with E-state index in [0.717, 1.165) is 5.56 Å². The predicted octanol–water partition coefficient (Wildman–Crippen LogP) is 3.08. The number of rotatable bonds is 4. The van der Waals surface area contributed by atoms with Crippen molar-refractivity contribution in [2.24, 2.45) is 0 Å². The first-order valence-electron chi connectivity index (χ1n) is 6.98. The van der Waals surface area contributed by atoms with Gasteiger partial charge in [-0.2, -0.15) is 0 Å². The Kier molecular flexibility index (Phi) is 5.84. The van der Waals surface area contributed by atoms with Crippen LogP contribution in [0.5, 0.6) is 0 Å². The van der Waals surface area contributed by atoms with Crippen molar-refractivity contribution >= 4 is 25.0 Å². The smallest absolute Gasteiger partial charge is 0.399 e. The van der Waals surface area contributed by atoms with Crippen LogP contribution >= 0.6 is 12.4 Å². The van der Waals surface area contributed by atoms with Crippen molar-refractivity contribution in [1.29, 1.82) is 0 Å². The van der Waals surface area contributed by atoms with Crippen molar-refractivity contribution < 1.29 is 18.4 Å². The molecule has 0 atom stereocenters. The standard InChI is InChI=1S/C15H22BFO3.ClH/c1-6-18-10-11-7-8-13(17)12(9-11)16-19-14(2,3)15(4,5)20-16;/h7-9H,6,10H2,1-5H3;1H. The van der Waals surface area contributed by atoms with Gasteiger partial charge in [-0.05, 0) is 46.2 Å². The lowest BCUT2D eigenvalue weighted by Crippen LogP contribution is -2.41. The fourth-order valence-electron chi connectivity index (χ4n) is 2.05. The minimum absolute atomic E-state index is 0. The highest BCUT2D eigenvalue weighted by Crippen LogP contribution is 2.36. The first kappa shape index (κ1) is 18.4. The maximum absolute atomic E-state index is 14.0. The Labute approximate surface area is 132 Å². The molecule has 1 saturated heterocycles. The van der Waals surface area contributed by atoms with Crippen molar-refractivity contribution in [3.8, 4) is 0 Å². The minimum atomic E-state index is -0.679. The molecule has 1 aromatic carbocycles. The fraction of sp³-hybridized carbons (Fsp3) is 0.600. The number of hydrogen-bond donors (Lipinski definition) is 0. The second-order valence-corrected chi connectivity index (χ2v) is 6.08. The number of hydrogen-bond acceptors (Lipinski definition) is 3. The molecule has 3 nitrogen and oxygen atoms in total. The van der Waals surface area contributed by atoms with Crippen LogP contribution in [-0.4, -0.2) is 24.9 Å². The van der Waals surface area contributed by atoms with Crippen molar-refractivity contribution in [3.63, 3.8) is 0 Å². The van der Waals surface area contributed by atoms with E-state index >= 15 is 0 Å². The van der Waals surface area contributed by atoms with Crippen LogP contribution in [-0.2, 0) is 20.7 Å². The second kappa shape index (κ2) is 6.65. The summed E-state index contributed by atoms with van der Waals surface area (Å²) in [6.45, 7) is 10.8. The van der Waals surface area contributed by atoms with E-state index in [0.29, 0.717) is 18.7 Å². The topological polar surface area (TPSA) is 27.7 Å². The summed E-state index contributed by atoms with van der Waals surface area (Å²) in [5, 5.41) is 0. The summed E-state index contributed by atoms with van der Waals surface area (Å²) < 4.78 is 31.2. The van der Waals surface area contributed by atoms with Crippen LogP contribution in [0.15, 0.2) is 18.2 Å². The minimum Gasteiger partial charge on any atom is -0.399 e. The molecular formula is C15H23BClFO3. The maximum atomic E-state index is 14.0. The molecule has 1 aliphatic heterocycles. The molecule has 6 heteroatoms. The van der Waals surface area contributed by atoms with Crippen LogP contribution in [0.4, 0.5) is 4.39 Å². The molecule has 1 fully saturated rings. The van der Waals surface area contributed by atoms with Gasteiger partial charge in [0.1, 0.15) is 5.82 Å². The Morgan fingerprint density at radius 2 is 1.71 bits per heavy atom. The van der Waals surface area contributed by atoms with Crippen molar-refractivity contribution in [2.45, 2.75) is 52.4 Å². The molecule has 1 heterocycles. The molecule has 0 amide bonds. The van der Waals surface area contributed by atoms with E-state index in [4.69, 9.17) is 14.0 Å². The molecule has 0 aromatic heterocycles. The molecule has 0 bridgehead atoms. The Bertz CT molecular complexity index is 478. The summed E-state index contributed by atoms with van der Waals surface area (Å²) in [4.78, 5) is 0. The zero-order valence-electron chi connectivity index (χ0n) is 13.2. The molecular weight excluding hydrogens is 293 g/mol. The average molecular weight is 317 g/mol. The maximum Gasteiger partial charge on any atom is 0.497 e. The lowest BCUT2D eigenvalue weighted by molar-refractivity contribution is 0.00578. The SMILES string of the molecule is CCOCc1ccc(F)c(B2OC(C)(C)C(C)(C)O2)c1.Cl. The van der Waals surface area contributed by atoms with Gasteiger partial charge in [0.05, 0.1) is 17.8 Å². The third kappa shape index (κ3) is 3.78. The normalized spacial score (nSPS) is 19.4. The molecule has 1 aliphatic rings. The van der Waals surface area contributed by atoms with E-state index in [9.17, 15) is 4.39 Å². The summed E-state index contributed by atoms with van der Waals surface area (Å²) in [6.07, 6.45) is 0. The lowest BCUT2D eigenvalue weighted by Gasteiger charge is -2.32. The summed E-state index contributed by atoms with van der Waals surface area (Å²) in [5.74, 6) is -0.316. The van der Waals surface area contributed by atoms with Crippen LogP contribution in [0.25, 0.3) is 0 Å². The van der Waals surface area contributed by atoms with E-state index < -0.39 is 18.3 Å². The van der Waals surface area contributed by atoms with Crippen LogP contribution in [0, 0.1) is 5.82 Å². The zero-order chi connectivity index (χ0) is 15.0. The predicted molar refractivity (Wildman–Crippen MR) is 84.7 cm³/mol. The van der Waals surface area contributed by atoms with E-state index in [1.807, 2.05) is 34.6 Å². The van der Waals surface area contributed by atoms with E-state index in [-0.39, 0.29) is 18.2 Å². The molecule has 2 rings (SSSR count). The van der Waals surface area contributed by atoms with E-state index in [1.165, 1.54) is 6.07 Å². The zero-order valence-corrected chi connectivity index (χ0v) is 14.1. The van der Waals surface area contributed by atoms with Crippen LogP contribution in [0.1, 0.15) is 40.2 Å². The van der Waals surface area contributed by atoms with Gasteiger partial charge in [-0.15, -0.1) is 12.4 Å². The third-order valence-electron chi connectivity index (χ3n) is 4.04. The van der Waals surface area contributed by atoms with Crippen LogP contribution in [0.3, 0.4) is 0 Å². The van der Waals surface area contributed by atoms with Crippen LogP contribution in [0.2, 0.25) is 0 Å². The van der Waals surface area contributed by atoms with Crippen molar-refractivity contribution in [1.82, 2.24) is 0 Å². The lowest BCUT2D eigenvalue weighted by atomic mass is 9.78. The molecule has 0 spiro atoms. The van der Waals surface area contributed by atoms with Gasteiger partial charge >= 0.3 is 7.12 Å². The Hall–Kier alpha value is -0.615. The van der Waals surface area contributed by atoms with E-state index in [2.05, 4.69) is 0 Å². The second-order valence-electron chi connectivity index (χ2n) is 6.08. The van der Waals surface area contributed by atoms with Crippen LogP contribution < -0.4 is 5.46 Å². The Morgan fingerprint density at radius 1 is 1.14 bits per heavy atom. The summed E-state index contributed by atoms with van der Waals surface area (Å²) in [5.41, 5.74) is 0.402. The first-order valence-corrected chi connectivity index (χ1v) is 6.98. The highest BCUT2D eigenvalue weighted by molar-refractivity contribution is 6.62. The largest absolute Gasteiger partial charge is 0.497 e. The Balaban J connectivity index is 0.00000220. The molecule has 0 saturated carbocycles. The van der Waals surface area contributed by atoms with Gasteiger partial charge < -0.3 is 14.0 Å². The van der Waals surface area contributed by atoms with Crippen molar-refractivity contribution in [2.75, 3.05) is 6.61 Å². The molecule has 21 heavy (non-hydrogen) atoms. The van der Waals surface area contributed by atoms with Gasteiger partial charge in [-0.25, -0.2) is 4.39 Å². The van der Waals surface area contributed by atoms with Gasteiger partial charge in [0.25, 0.3) is 0 Å².